The van der Waals surface area contributed by atoms with Gasteiger partial charge in [0.05, 0.1) is 48.8 Å². The van der Waals surface area contributed by atoms with Crippen LogP contribution in [0.4, 0.5) is 31.8 Å². The highest BCUT2D eigenvalue weighted by Gasteiger charge is 2.37. The molecule has 0 spiro atoms. The minimum absolute atomic E-state index is 0.0364. The van der Waals surface area contributed by atoms with E-state index in [2.05, 4.69) is 68.3 Å². The summed E-state index contributed by atoms with van der Waals surface area (Å²) in [6, 6.07) is 35.0. The van der Waals surface area contributed by atoms with Gasteiger partial charge in [-0.1, -0.05) is 112 Å². The first-order valence-electron chi connectivity index (χ1n) is 34.9. The van der Waals surface area contributed by atoms with E-state index in [0.29, 0.717) is 69.6 Å². The molecule has 0 saturated carbocycles. The SMILES string of the molecule is CCc1cc2c([nH]1)CCCC2C(=O)O.CCc1cc2c([nH]1)CCCC2C(=O)n1nc(N)c2c1CCN(C(=O)OCc1ccccc1)C2.CCc1cc2c([nH]1)CCCC2C(=O)n1nc2c(c1N)CN(C(=O)OCc1ccccc1)CC2.Nc1n[nH]c2c1CN(C(=O)OCc1ccccc1)CC2. The van der Waals surface area contributed by atoms with Crippen LogP contribution in [0.3, 0.4) is 0 Å². The molecule has 3 aliphatic heterocycles. The van der Waals surface area contributed by atoms with Gasteiger partial charge in [-0.05, 0) is 129 Å². The van der Waals surface area contributed by atoms with Crippen molar-refractivity contribution in [3.8, 4) is 0 Å². The standard InChI is InChI=1S/2C25H29N5O3.C14H16N4O2.C11H15NO2/c1-2-17-13-19-18(9-6-10-21(19)27-17)24(31)30-22-11-12-29(14-20(22)23(26)28-30)25(32)33-15-16-7-4-3-5-8-16;1-2-17-13-19-18(9-6-10-21(19)27-17)24(31)30-23(26)20-14-29(12-11-22(20)28-30)25(32)33-15-16-7-4-3-5-8-16;15-13-11-8-18(7-6-12(11)16-17-13)14(19)20-9-10-4-2-1-3-5-10;1-2-7-6-9-8(11(13)14)4-3-5-10(9)12-7/h3-5,7-8,13,18,27H,2,6,9-12,14-15H2,1H3,(H2,26,28);3-5,7-8,13,18,27H,2,6,9-12,14-15,26H2,1H3;1-5H,6-9H2,(H3,15,16,17);6,8,12H,2-5H2,1H3,(H,13,14). The molecule has 3 aromatic carbocycles. The van der Waals surface area contributed by atoms with E-state index < -0.39 is 5.97 Å². The molecule has 6 aliphatic rings. The monoisotopic (exact) mass is 1360 g/mol. The van der Waals surface area contributed by atoms with E-state index in [-0.39, 0.29) is 67.7 Å². The van der Waals surface area contributed by atoms with Crippen molar-refractivity contribution in [2.75, 3.05) is 36.8 Å². The lowest BCUT2D eigenvalue weighted by atomic mass is 9.86. The molecule has 9 aromatic rings. The Morgan fingerprint density at radius 3 is 1.35 bits per heavy atom. The summed E-state index contributed by atoms with van der Waals surface area (Å²) in [5, 5.41) is 24.9. The van der Waals surface area contributed by atoms with Gasteiger partial charge in [0.25, 0.3) is 11.8 Å². The molecule has 524 valence electrons. The summed E-state index contributed by atoms with van der Waals surface area (Å²) in [6.07, 6.45) is 11.6. The van der Waals surface area contributed by atoms with Gasteiger partial charge in [0.15, 0.2) is 5.82 Å². The Morgan fingerprint density at radius 1 is 0.480 bits per heavy atom. The van der Waals surface area contributed by atoms with E-state index in [1.807, 2.05) is 97.1 Å². The van der Waals surface area contributed by atoms with Crippen LogP contribution in [0.15, 0.2) is 109 Å². The lowest BCUT2D eigenvalue weighted by Crippen LogP contribution is -2.37. The minimum Gasteiger partial charge on any atom is -0.481 e. The van der Waals surface area contributed by atoms with Crippen LogP contribution < -0.4 is 17.2 Å². The van der Waals surface area contributed by atoms with Crippen LogP contribution in [-0.2, 0) is 116 Å². The molecule has 100 heavy (non-hydrogen) atoms. The molecule has 25 heteroatoms. The quantitative estimate of drug-likeness (QED) is 0.0527. The van der Waals surface area contributed by atoms with Crippen LogP contribution in [0.1, 0.15) is 188 Å². The van der Waals surface area contributed by atoms with Gasteiger partial charge in [0.1, 0.15) is 31.5 Å². The number of nitrogen functional groups attached to an aromatic ring is 3. The van der Waals surface area contributed by atoms with Crippen molar-refractivity contribution in [3.05, 3.63) is 211 Å². The number of carbonyl (C=O) groups excluding carboxylic acids is 5. The maximum absolute atomic E-state index is 13.5. The summed E-state index contributed by atoms with van der Waals surface area (Å²) in [5.41, 5.74) is 36.3. The van der Waals surface area contributed by atoms with Crippen LogP contribution in [0, 0.1) is 0 Å². The van der Waals surface area contributed by atoms with Crippen LogP contribution in [0.5, 0.6) is 0 Å². The van der Waals surface area contributed by atoms with Crippen LogP contribution in [-0.4, -0.2) is 120 Å². The Labute approximate surface area is 580 Å². The average Bonchev–Trinajstić information content (AvgIpc) is 1.61. The predicted octanol–water partition coefficient (Wildman–Crippen LogP) is 11.4. The molecular formula is C75H89N15O10. The third kappa shape index (κ3) is 15.5. The summed E-state index contributed by atoms with van der Waals surface area (Å²) >= 11 is 0. The van der Waals surface area contributed by atoms with Crippen molar-refractivity contribution in [2.24, 2.45) is 0 Å². The van der Waals surface area contributed by atoms with Crippen molar-refractivity contribution in [3.63, 3.8) is 0 Å². The molecular weight excluding hydrogens is 1270 g/mol. The molecule has 0 bridgehead atoms. The zero-order valence-corrected chi connectivity index (χ0v) is 57.0. The molecule has 11 N–H and O–H groups in total. The number of ether oxygens (including phenoxy) is 3. The number of hydrogen-bond acceptors (Lipinski definition) is 15. The molecule has 3 aliphatic carbocycles. The Hall–Kier alpha value is -10.9. The second kappa shape index (κ2) is 31.3. The smallest absolute Gasteiger partial charge is 0.410 e. The van der Waals surface area contributed by atoms with Gasteiger partial charge in [-0.15, -0.1) is 5.10 Å². The number of carbonyl (C=O) groups is 6. The van der Waals surface area contributed by atoms with E-state index in [1.54, 1.807) is 14.7 Å². The summed E-state index contributed by atoms with van der Waals surface area (Å²) in [6.45, 7) is 9.59. The third-order valence-electron chi connectivity index (χ3n) is 19.8. The minimum atomic E-state index is -0.687. The fourth-order valence-corrected chi connectivity index (χ4v) is 14.2. The number of carboxylic acids is 1. The fourth-order valence-electron chi connectivity index (χ4n) is 14.2. The van der Waals surface area contributed by atoms with E-state index in [1.165, 1.54) is 9.36 Å². The highest BCUT2D eigenvalue weighted by Crippen LogP contribution is 2.38. The summed E-state index contributed by atoms with van der Waals surface area (Å²) in [7, 11) is 0. The number of amides is 3. The van der Waals surface area contributed by atoms with E-state index in [4.69, 9.17) is 36.5 Å². The number of aryl methyl sites for hydroxylation is 6. The number of nitrogens with two attached hydrogens (primary N) is 3. The number of carboxylic acid groups (broad SMARTS) is 1. The third-order valence-corrected chi connectivity index (χ3v) is 19.8. The highest BCUT2D eigenvalue weighted by atomic mass is 16.6. The number of benzene rings is 3. The van der Waals surface area contributed by atoms with Gasteiger partial charge in [-0.3, -0.25) is 19.5 Å². The first-order valence-corrected chi connectivity index (χ1v) is 34.9. The molecule has 25 nitrogen and oxygen atoms in total. The zero-order valence-electron chi connectivity index (χ0n) is 57.0. The Bertz CT molecular complexity index is 4320. The first-order chi connectivity index (χ1) is 48.5. The van der Waals surface area contributed by atoms with Gasteiger partial charge in [-0.2, -0.15) is 14.9 Å². The molecule has 3 amide bonds. The lowest BCUT2D eigenvalue weighted by Gasteiger charge is -2.27. The van der Waals surface area contributed by atoms with Gasteiger partial charge < -0.3 is 66.2 Å². The topological polar surface area (TPSA) is 350 Å². The number of aromatic nitrogens is 9. The molecule has 3 unspecified atom stereocenters. The van der Waals surface area contributed by atoms with Gasteiger partial charge >= 0.3 is 24.2 Å². The van der Waals surface area contributed by atoms with Crippen molar-refractivity contribution in [1.29, 1.82) is 0 Å². The number of H-pyrrole nitrogens is 4. The Morgan fingerprint density at radius 2 is 0.890 bits per heavy atom. The van der Waals surface area contributed by atoms with Gasteiger partial charge in [-0.25, -0.2) is 19.1 Å². The number of hydrogen-bond donors (Lipinski definition) is 8. The lowest BCUT2D eigenvalue weighted by molar-refractivity contribution is -0.139. The molecule has 3 atom stereocenters. The van der Waals surface area contributed by atoms with Crippen LogP contribution in [0.2, 0.25) is 0 Å². The van der Waals surface area contributed by atoms with E-state index >= 15 is 0 Å². The number of aliphatic carboxylic acids is 1. The average molecular weight is 1360 g/mol. The van der Waals surface area contributed by atoms with Gasteiger partial charge in [0, 0.05) is 95.4 Å². The first kappa shape index (κ1) is 69.1. The van der Waals surface area contributed by atoms with Crippen molar-refractivity contribution in [2.45, 2.75) is 174 Å². The van der Waals surface area contributed by atoms with Gasteiger partial charge in [0.2, 0.25) is 0 Å². The molecule has 9 heterocycles. The Kier molecular flexibility index (Phi) is 21.6. The van der Waals surface area contributed by atoms with E-state index in [0.717, 1.165) is 185 Å². The largest absolute Gasteiger partial charge is 0.481 e. The number of fused-ring (bicyclic) bond motifs is 6. The number of rotatable bonds is 12. The van der Waals surface area contributed by atoms with Crippen LogP contribution in [0.25, 0.3) is 0 Å². The number of nitrogens with zero attached hydrogens (tertiary/aromatic N) is 8. The normalized spacial score (nSPS) is 17.1. The maximum Gasteiger partial charge on any atom is 0.410 e. The molecule has 6 aromatic heterocycles. The second-order valence-electron chi connectivity index (χ2n) is 26.2. The maximum atomic E-state index is 13.5. The zero-order chi connectivity index (χ0) is 70.0. The number of anilines is 3. The number of aromatic amines is 4. The summed E-state index contributed by atoms with van der Waals surface area (Å²) in [5.74, 6) is -0.479. The fraction of sp³-hybridized carbons (Fsp3) is 0.400. The molecule has 0 fully saturated rings. The highest BCUT2D eigenvalue weighted by molar-refractivity contribution is 5.89. The molecule has 0 radical (unpaired) electrons. The van der Waals surface area contributed by atoms with E-state index in [9.17, 15) is 28.8 Å². The second-order valence-corrected chi connectivity index (χ2v) is 26.2. The number of nitrogens with one attached hydrogen (secondary N) is 4. The molecule has 15 rings (SSSR count). The van der Waals surface area contributed by atoms with Crippen molar-refractivity contribution >= 4 is 53.5 Å². The van der Waals surface area contributed by atoms with Crippen molar-refractivity contribution in [1.82, 2.24) is 59.4 Å². The Balaban J connectivity index is 0.000000133. The predicted molar refractivity (Wildman–Crippen MR) is 375 cm³/mol. The summed E-state index contributed by atoms with van der Waals surface area (Å²) in [4.78, 5) is 90.4. The van der Waals surface area contributed by atoms with Crippen molar-refractivity contribution < 1.29 is 48.1 Å². The molecule has 0 saturated heterocycles. The summed E-state index contributed by atoms with van der Waals surface area (Å²) < 4.78 is 19.1. The van der Waals surface area contributed by atoms with Crippen LogP contribution >= 0.6 is 0 Å².